The number of primary amides is 1. The van der Waals surface area contributed by atoms with Crippen molar-refractivity contribution in [2.24, 2.45) is 5.73 Å². The number of aryl methyl sites for hydroxylation is 1. The fraction of sp³-hybridized carbons (Fsp3) is 0.200. The number of carbonyl (C=O) groups is 1. The largest absolute Gasteiger partial charge is 0.366 e. The van der Waals surface area contributed by atoms with Gasteiger partial charge in [-0.1, -0.05) is 65.8 Å². The first-order valence-electron chi connectivity index (χ1n) is 10.2. The average Bonchev–Trinajstić information content (AvgIpc) is 3.38. The summed E-state index contributed by atoms with van der Waals surface area (Å²) in [6.07, 6.45) is 3.07. The van der Waals surface area contributed by atoms with Crippen LogP contribution < -0.4 is 5.73 Å². The number of carbonyl (C=O) groups excluding carboxylic acids is 1. The number of unbranched alkanes of at least 4 members (excludes halogenated alkanes) is 1. The summed E-state index contributed by atoms with van der Waals surface area (Å²) in [7, 11) is 0. The normalized spacial score (nSPS) is 11.0. The van der Waals surface area contributed by atoms with E-state index in [1.54, 1.807) is 0 Å². The summed E-state index contributed by atoms with van der Waals surface area (Å²) in [6.45, 7) is 2.72. The van der Waals surface area contributed by atoms with Crippen LogP contribution in [0.1, 0.15) is 34.5 Å². The van der Waals surface area contributed by atoms with Gasteiger partial charge in [-0.3, -0.25) is 4.79 Å². The van der Waals surface area contributed by atoms with Gasteiger partial charge in [-0.15, -0.1) is 0 Å². The molecule has 30 heavy (non-hydrogen) atoms. The van der Waals surface area contributed by atoms with Crippen LogP contribution in [0.25, 0.3) is 22.7 Å². The lowest BCUT2D eigenvalue weighted by molar-refractivity contribution is 0.0999. The molecule has 2 heterocycles. The lowest BCUT2D eigenvalue weighted by Gasteiger charge is -2.10. The number of rotatable bonds is 8. The zero-order valence-electron chi connectivity index (χ0n) is 17.0. The molecule has 4 rings (SSSR count). The summed E-state index contributed by atoms with van der Waals surface area (Å²) in [4.78, 5) is 11.9. The molecule has 0 aliphatic carbocycles. The Morgan fingerprint density at radius 3 is 2.40 bits per heavy atom. The second-order valence-electron chi connectivity index (χ2n) is 7.43. The SMILES string of the molecule is Cc1c(C(N)=O)cc(-c2cc(-c3ccccc3)on2)n1CCCCc1ccccc1. The van der Waals surface area contributed by atoms with Crippen molar-refractivity contribution in [2.75, 3.05) is 0 Å². The second-order valence-corrected chi connectivity index (χ2v) is 7.43. The van der Waals surface area contributed by atoms with Crippen LogP contribution in [0.3, 0.4) is 0 Å². The van der Waals surface area contributed by atoms with Gasteiger partial charge < -0.3 is 14.8 Å². The fourth-order valence-electron chi connectivity index (χ4n) is 3.77. The Kier molecular flexibility index (Phi) is 5.80. The van der Waals surface area contributed by atoms with Gasteiger partial charge in [0.25, 0.3) is 5.91 Å². The van der Waals surface area contributed by atoms with E-state index in [1.165, 1.54) is 5.56 Å². The van der Waals surface area contributed by atoms with Gasteiger partial charge >= 0.3 is 0 Å². The summed E-state index contributed by atoms with van der Waals surface area (Å²) < 4.78 is 7.70. The molecule has 0 aliphatic rings. The van der Waals surface area contributed by atoms with Crippen molar-refractivity contribution in [1.29, 1.82) is 0 Å². The van der Waals surface area contributed by atoms with Crippen LogP contribution in [0.15, 0.2) is 77.3 Å². The Hall–Kier alpha value is -3.60. The van der Waals surface area contributed by atoms with Crippen molar-refractivity contribution >= 4 is 5.91 Å². The standard InChI is InChI=1S/C25H25N3O2/c1-18-21(25(26)29)16-23(22-17-24(30-27-22)20-13-6-3-7-14-20)28(18)15-9-8-12-19-10-4-2-5-11-19/h2-7,10-11,13-14,16-17H,8-9,12,15H2,1H3,(H2,26,29). The lowest BCUT2D eigenvalue weighted by Crippen LogP contribution is -2.12. The molecular weight excluding hydrogens is 374 g/mol. The average molecular weight is 399 g/mol. The van der Waals surface area contributed by atoms with Crippen molar-refractivity contribution in [2.45, 2.75) is 32.7 Å². The van der Waals surface area contributed by atoms with E-state index in [1.807, 2.05) is 55.5 Å². The molecule has 152 valence electrons. The van der Waals surface area contributed by atoms with E-state index < -0.39 is 5.91 Å². The Balaban J connectivity index is 1.56. The minimum atomic E-state index is -0.427. The van der Waals surface area contributed by atoms with Crippen LogP contribution in [0, 0.1) is 6.92 Å². The van der Waals surface area contributed by atoms with E-state index in [0.29, 0.717) is 17.0 Å². The van der Waals surface area contributed by atoms with Crippen molar-refractivity contribution in [3.8, 4) is 22.7 Å². The maximum atomic E-state index is 11.9. The highest BCUT2D eigenvalue weighted by Gasteiger charge is 2.19. The predicted octanol–water partition coefficient (Wildman–Crippen LogP) is 5.24. The van der Waals surface area contributed by atoms with Crippen molar-refractivity contribution in [3.63, 3.8) is 0 Å². The lowest BCUT2D eigenvalue weighted by atomic mass is 10.1. The van der Waals surface area contributed by atoms with E-state index >= 15 is 0 Å². The highest BCUT2D eigenvalue weighted by molar-refractivity contribution is 5.95. The van der Waals surface area contributed by atoms with E-state index in [-0.39, 0.29) is 0 Å². The monoisotopic (exact) mass is 399 g/mol. The Morgan fingerprint density at radius 1 is 1.00 bits per heavy atom. The molecule has 5 nitrogen and oxygen atoms in total. The molecule has 0 saturated heterocycles. The van der Waals surface area contributed by atoms with Crippen LogP contribution in [-0.4, -0.2) is 15.6 Å². The Morgan fingerprint density at radius 2 is 1.70 bits per heavy atom. The Labute approximate surface area is 176 Å². The highest BCUT2D eigenvalue weighted by Crippen LogP contribution is 2.29. The molecular formula is C25H25N3O2. The third kappa shape index (κ3) is 4.20. The maximum Gasteiger partial charge on any atom is 0.250 e. The smallest absolute Gasteiger partial charge is 0.250 e. The van der Waals surface area contributed by atoms with Gasteiger partial charge in [0.1, 0.15) is 5.69 Å². The zero-order chi connectivity index (χ0) is 20.9. The molecule has 0 fully saturated rings. The van der Waals surface area contributed by atoms with Crippen LogP contribution in [0.2, 0.25) is 0 Å². The van der Waals surface area contributed by atoms with Gasteiger partial charge in [-0.05, 0) is 37.8 Å². The zero-order valence-corrected chi connectivity index (χ0v) is 17.0. The Bertz CT molecular complexity index is 1130. The van der Waals surface area contributed by atoms with Gasteiger partial charge in [0.05, 0.1) is 11.3 Å². The fourth-order valence-corrected chi connectivity index (χ4v) is 3.77. The maximum absolute atomic E-state index is 11.9. The quantitative estimate of drug-likeness (QED) is 0.412. The molecule has 0 radical (unpaired) electrons. The van der Waals surface area contributed by atoms with Gasteiger partial charge in [0.15, 0.2) is 5.76 Å². The third-order valence-electron chi connectivity index (χ3n) is 5.40. The second kappa shape index (κ2) is 8.82. The third-order valence-corrected chi connectivity index (χ3v) is 5.40. The number of hydrogen-bond acceptors (Lipinski definition) is 3. The molecule has 0 saturated carbocycles. The number of benzene rings is 2. The summed E-state index contributed by atoms with van der Waals surface area (Å²) in [5.41, 5.74) is 10.8. The number of hydrogen-bond donors (Lipinski definition) is 1. The van der Waals surface area contributed by atoms with Crippen molar-refractivity contribution in [3.05, 3.63) is 89.6 Å². The van der Waals surface area contributed by atoms with E-state index in [2.05, 4.69) is 34.0 Å². The number of aromatic nitrogens is 2. The molecule has 1 amide bonds. The van der Waals surface area contributed by atoms with Crippen molar-refractivity contribution in [1.82, 2.24) is 9.72 Å². The summed E-state index contributed by atoms with van der Waals surface area (Å²) in [6, 6.07) is 24.0. The predicted molar refractivity (Wildman–Crippen MR) is 118 cm³/mol. The minimum absolute atomic E-state index is 0.427. The van der Waals surface area contributed by atoms with Crippen LogP contribution >= 0.6 is 0 Å². The summed E-state index contributed by atoms with van der Waals surface area (Å²) in [5, 5.41) is 4.27. The topological polar surface area (TPSA) is 74.1 Å². The first kappa shape index (κ1) is 19.7. The molecule has 4 aromatic rings. The molecule has 2 aromatic heterocycles. The van der Waals surface area contributed by atoms with Gasteiger partial charge in [0, 0.05) is 23.9 Å². The number of nitrogens with two attached hydrogens (primary N) is 1. The molecule has 0 bridgehead atoms. The van der Waals surface area contributed by atoms with Gasteiger partial charge in [-0.25, -0.2) is 0 Å². The van der Waals surface area contributed by atoms with E-state index in [0.717, 1.165) is 42.8 Å². The van der Waals surface area contributed by atoms with E-state index in [9.17, 15) is 4.79 Å². The van der Waals surface area contributed by atoms with Gasteiger partial charge in [0.2, 0.25) is 0 Å². The molecule has 2 N–H and O–H groups in total. The van der Waals surface area contributed by atoms with Crippen LogP contribution in [0.5, 0.6) is 0 Å². The molecule has 2 aromatic carbocycles. The molecule has 0 unspecified atom stereocenters. The molecule has 0 spiro atoms. The van der Waals surface area contributed by atoms with Gasteiger partial charge in [-0.2, -0.15) is 0 Å². The number of amides is 1. The molecule has 0 atom stereocenters. The highest BCUT2D eigenvalue weighted by atomic mass is 16.5. The van der Waals surface area contributed by atoms with E-state index in [4.69, 9.17) is 10.3 Å². The molecule has 5 heteroatoms. The first-order valence-corrected chi connectivity index (χ1v) is 10.2. The first-order chi connectivity index (χ1) is 14.6. The summed E-state index contributed by atoms with van der Waals surface area (Å²) >= 11 is 0. The molecule has 0 aliphatic heterocycles. The minimum Gasteiger partial charge on any atom is -0.366 e. The number of nitrogens with zero attached hydrogens (tertiary/aromatic N) is 2. The van der Waals surface area contributed by atoms with Crippen molar-refractivity contribution < 1.29 is 9.32 Å². The summed E-state index contributed by atoms with van der Waals surface area (Å²) in [5.74, 6) is 0.268. The van der Waals surface area contributed by atoms with Crippen LogP contribution in [-0.2, 0) is 13.0 Å². The van der Waals surface area contributed by atoms with Crippen LogP contribution in [0.4, 0.5) is 0 Å².